The number of nitrogens with one attached hydrogen (secondary N) is 1. The molecule has 0 aliphatic rings. The van der Waals surface area contributed by atoms with Crippen molar-refractivity contribution in [1.29, 1.82) is 0 Å². The van der Waals surface area contributed by atoms with E-state index in [-0.39, 0.29) is 23.6 Å². The quantitative estimate of drug-likeness (QED) is 0.102. The molecule has 0 aliphatic carbocycles. The van der Waals surface area contributed by atoms with Gasteiger partial charge in [0.25, 0.3) is 0 Å². The minimum absolute atomic E-state index is 0.0105. The first-order chi connectivity index (χ1) is 20.8. The summed E-state index contributed by atoms with van der Waals surface area (Å²) in [6.45, 7) is 22.1. The number of benzene rings is 2. The Morgan fingerprint density at radius 3 is 2.31 bits per heavy atom. The molecule has 0 fully saturated rings. The summed E-state index contributed by atoms with van der Waals surface area (Å²) < 4.78 is 42.1. The van der Waals surface area contributed by atoms with Gasteiger partial charge >= 0.3 is 5.97 Å². The van der Waals surface area contributed by atoms with Crippen molar-refractivity contribution in [3.05, 3.63) is 118 Å². The van der Waals surface area contributed by atoms with E-state index in [2.05, 4.69) is 30.0 Å². The highest BCUT2D eigenvalue weighted by atomic mass is 32.2. The van der Waals surface area contributed by atoms with Crippen molar-refractivity contribution < 1.29 is 27.9 Å². The van der Waals surface area contributed by atoms with E-state index in [1.54, 1.807) is 47.0 Å². The van der Waals surface area contributed by atoms with Crippen molar-refractivity contribution in [3.63, 3.8) is 0 Å². The average molecular weight is 640 g/mol. The summed E-state index contributed by atoms with van der Waals surface area (Å²) in [5.74, 6) is -3.48. The van der Waals surface area contributed by atoms with Crippen LogP contribution in [0.2, 0.25) is 0 Å². The molecule has 0 saturated heterocycles. The third-order valence-corrected chi connectivity index (χ3v) is 8.48. The number of aliphatic imine (C=N–C) groups is 1. The summed E-state index contributed by atoms with van der Waals surface area (Å²) >= 11 is 1.19. The SMILES string of the molecule is C=C(C)/C(=C(N)\N=C(/C)C(=C)c1ccc(F)cc1NCc1cccc(F)c1F)[C@@](C)(C=O)C(=C)S/C=C(\C)CC(C)(C)C(=O)O. The van der Waals surface area contributed by atoms with E-state index in [1.165, 1.54) is 42.1 Å². The number of allylic oxidation sites excluding steroid dienone is 5. The van der Waals surface area contributed by atoms with Gasteiger partial charge in [0.15, 0.2) is 11.6 Å². The molecule has 0 aliphatic heterocycles. The molecule has 0 saturated carbocycles. The molecule has 45 heavy (non-hydrogen) atoms. The van der Waals surface area contributed by atoms with Crippen molar-refractivity contribution in [2.24, 2.45) is 21.6 Å². The standard InChI is InChI=1S/C35H40F3N3O3S/c1-20(2)30(35(9,19-42)24(6)45-18-21(3)16-34(7,8)33(43)44)32(39)41-23(5)22(4)27-14-13-26(36)15-29(27)40-17-25-11-10-12-28(37)31(25)38/h10-15,18-19,40H,1,4,6,16-17,39H2,2-3,5,7-9H3,(H,43,44)/b21-18+,32-30+,41-23+/t35-/m0/s1. The molecule has 240 valence electrons. The number of anilines is 1. The Morgan fingerprint density at radius 1 is 1.09 bits per heavy atom. The van der Waals surface area contributed by atoms with E-state index >= 15 is 0 Å². The van der Waals surface area contributed by atoms with Crippen molar-refractivity contribution in [1.82, 2.24) is 0 Å². The molecule has 10 heteroatoms. The number of carboxylic acids is 1. The lowest BCUT2D eigenvalue weighted by atomic mass is 9.80. The number of carboxylic acid groups (broad SMARTS) is 1. The van der Waals surface area contributed by atoms with Crippen LogP contribution in [0.4, 0.5) is 18.9 Å². The number of nitrogens with zero attached hydrogens (tertiary/aromatic N) is 1. The van der Waals surface area contributed by atoms with Crippen LogP contribution in [0.25, 0.3) is 5.57 Å². The van der Waals surface area contributed by atoms with Crippen LogP contribution >= 0.6 is 11.8 Å². The van der Waals surface area contributed by atoms with Crippen LogP contribution in [0.1, 0.15) is 59.1 Å². The van der Waals surface area contributed by atoms with E-state index < -0.39 is 34.3 Å². The first-order valence-electron chi connectivity index (χ1n) is 13.9. The topological polar surface area (TPSA) is 105 Å². The molecule has 0 spiro atoms. The zero-order valence-corrected chi connectivity index (χ0v) is 27.3. The van der Waals surface area contributed by atoms with E-state index in [1.807, 2.05) is 0 Å². The van der Waals surface area contributed by atoms with Gasteiger partial charge in [0.05, 0.1) is 10.8 Å². The van der Waals surface area contributed by atoms with Crippen molar-refractivity contribution >= 4 is 41.0 Å². The molecular weight excluding hydrogens is 599 g/mol. The van der Waals surface area contributed by atoms with E-state index in [4.69, 9.17) is 5.73 Å². The van der Waals surface area contributed by atoms with Gasteiger partial charge < -0.3 is 21.0 Å². The van der Waals surface area contributed by atoms with Gasteiger partial charge in [0, 0.05) is 34.6 Å². The predicted octanol–water partition coefficient (Wildman–Crippen LogP) is 8.79. The van der Waals surface area contributed by atoms with Gasteiger partial charge in [0.1, 0.15) is 17.9 Å². The second kappa shape index (κ2) is 15.1. The van der Waals surface area contributed by atoms with Crippen LogP contribution in [0.5, 0.6) is 0 Å². The fourth-order valence-electron chi connectivity index (χ4n) is 4.60. The number of carbonyl (C=O) groups excluding carboxylic acids is 1. The van der Waals surface area contributed by atoms with Gasteiger partial charge in [-0.3, -0.25) is 4.79 Å². The smallest absolute Gasteiger partial charge is 0.309 e. The number of halogens is 3. The monoisotopic (exact) mass is 639 g/mol. The third-order valence-electron chi connectivity index (χ3n) is 7.25. The molecular formula is C35H40F3N3O3S. The Morgan fingerprint density at radius 2 is 1.73 bits per heavy atom. The zero-order valence-electron chi connectivity index (χ0n) is 26.5. The number of nitrogens with two attached hydrogens (primary N) is 1. The van der Waals surface area contributed by atoms with Gasteiger partial charge in [-0.05, 0) is 88.1 Å². The summed E-state index contributed by atoms with van der Waals surface area (Å²) in [4.78, 5) is 29.0. The normalized spacial score (nSPS) is 14.2. The van der Waals surface area contributed by atoms with Gasteiger partial charge in [-0.2, -0.15) is 0 Å². The summed E-state index contributed by atoms with van der Waals surface area (Å²) in [5.41, 5.74) is 7.29. The Hall–Kier alpha value is -4.31. The number of hydrogen-bond acceptors (Lipinski definition) is 6. The van der Waals surface area contributed by atoms with Crippen LogP contribution in [0.15, 0.2) is 94.0 Å². The number of rotatable bonds is 15. The van der Waals surface area contributed by atoms with Gasteiger partial charge in [0.2, 0.25) is 0 Å². The van der Waals surface area contributed by atoms with Crippen LogP contribution in [0.3, 0.4) is 0 Å². The summed E-state index contributed by atoms with van der Waals surface area (Å²) in [6.07, 6.45) is 1.01. The molecule has 4 N–H and O–H groups in total. The maximum atomic E-state index is 14.2. The fourth-order valence-corrected chi connectivity index (χ4v) is 5.42. The Kier molecular flexibility index (Phi) is 12.4. The Bertz CT molecular complexity index is 1620. The molecule has 0 bridgehead atoms. The number of thioether (sulfide) groups is 1. The molecule has 0 unspecified atom stereocenters. The summed E-state index contributed by atoms with van der Waals surface area (Å²) in [5, 5.41) is 14.1. The van der Waals surface area contributed by atoms with Gasteiger partial charge in [-0.1, -0.05) is 43.0 Å². The average Bonchev–Trinajstić information content (AvgIpc) is 2.95. The first-order valence-corrected chi connectivity index (χ1v) is 14.8. The summed E-state index contributed by atoms with van der Waals surface area (Å²) in [7, 11) is 0. The number of aldehydes is 1. The van der Waals surface area contributed by atoms with Crippen LogP contribution < -0.4 is 11.1 Å². The van der Waals surface area contributed by atoms with Crippen molar-refractivity contribution in [3.8, 4) is 0 Å². The lowest BCUT2D eigenvalue weighted by Crippen LogP contribution is -2.26. The molecule has 1 atom stereocenters. The van der Waals surface area contributed by atoms with E-state index in [0.29, 0.717) is 45.6 Å². The molecule has 0 heterocycles. The van der Waals surface area contributed by atoms with Crippen molar-refractivity contribution in [2.45, 2.75) is 54.5 Å². The highest BCUT2D eigenvalue weighted by Gasteiger charge is 2.35. The second-order valence-corrected chi connectivity index (χ2v) is 12.6. The Labute approximate surface area is 267 Å². The second-order valence-electron chi connectivity index (χ2n) is 11.7. The fraction of sp³-hybridized carbons (Fsp3) is 0.286. The van der Waals surface area contributed by atoms with Crippen LogP contribution in [-0.2, 0) is 16.1 Å². The zero-order chi connectivity index (χ0) is 34.3. The molecule has 6 nitrogen and oxygen atoms in total. The highest BCUT2D eigenvalue weighted by molar-refractivity contribution is 8.05. The Balaban J connectivity index is 2.44. The molecule has 0 radical (unpaired) electrons. The molecule has 2 aromatic rings. The van der Waals surface area contributed by atoms with Crippen LogP contribution in [0, 0.1) is 28.3 Å². The van der Waals surface area contributed by atoms with Gasteiger partial charge in [-0.15, -0.1) is 11.8 Å². The minimum Gasteiger partial charge on any atom is -0.481 e. The predicted molar refractivity (Wildman–Crippen MR) is 179 cm³/mol. The maximum Gasteiger partial charge on any atom is 0.309 e. The molecule has 2 aromatic carbocycles. The van der Waals surface area contributed by atoms with Gasteiger partial charge in [-0.25, -0.2) is 18.2 Å². The number of hydrogen-bond donors (Lipinski definition) is 3. The van der Waals surface area contributed by atoms with Crippen molar-refractivity contribution in [2.75, 3.05) is 5.32 Å². The molecule has 0 amide bonds. The maximum absolute atomic E-state index is 14.2. The summed E-state index contributed by atoms with van der Waals surface area (Å²) in [6, 6.07) is 7.73. The lowest BCUT2D eigenvalue weighted by Gasteiger charge is -2.29. The highest BCUT2D eigenvalue weighted by Crippen LogP contribution is 2.44. The third kappa shape index (κ3) is 9.11. The van der Waals surface area contributed by atoms with Crippen LogP contribution in [-0.4, -0.2) is 23.1 Å². The molecule has 2 rings (SSSR count). The first kappa shape index (κ1) is 36.9. The number of carbonyl (C=O) groups is 2. The lowest BCUT2D eigenvalue weighted by molar-refractivity contribution is -0.146. The molecule has 0 aromatic heterocycles. The van der Waals surface area contributed by atoms with E-state index in [9.17, 15) is 27.9 Å². The van der Waals surface area contributed by atoms with E-state index in [0.717, 1.165) is 11.6 Å². The minimum atomic E-state index is -1.32. The number of aliphatic carboxylic acids is 1. The largest absolute Gasteiger partial charge is 0.481 e.